The van der Waals surface area contributed by atoms with Crippen LogP contribution < -0.4 is 16.6 Å². The summed E-state index contributed by atoms with van der Waals surface area (Å²) in [5.74, 6) is 5.56. The van der Waals surface area contributed by atoms with E-state index < -0.39 is 10.8 Å². The molecule has 7 nitrogen and oxygen atoms in total. The zero-order chi connectivity index (χ0) is 12.8. The van der Waals surface area contributed by atoms with Gasteiger partial charge in [-0.25, -0.2) is 5.84 Å². The van der Waals surface area contributed by atoms with E-state index in [0.717, 1.165) is 0 Å². The Morgan fingerprint density at radius 2 is 2.24 bits per heavy atom. The van der Waals surface area contributed by atoms with E-state index in [0.29, 0.717) is 11.6 Å². The van der Waals surface area contributed by atoms with Crippen molar-refractivity contribution in [3.8, 4) is 0 Å². The number of nitrogens with two attached hydrogens (primary N) is 1. The molecule has 17 heavy (non-hydrogen) atoms. The lowest BCUT2D eigenvalue weighted by Gasteiger charge is -2.11. The molecule has 1 aromatic rings. The Bertz CT molecular complexity index is 408. The molecule has 1 amide bonds. The Balaban J connectivity index is 2.60. The molecule has 0 aliphatic rings. The van der Waals surface area contributed by atoms with Crippen LogP contribution in [0.2, 0.25) is 0 Å². The van der Waals surface area contributed by atoms with Crippen LogP contribution in [-0.4, -0.2) is 38.4 Å². The fourth-order valence-electron chi connectivity index (χ4n) is 1.22. The molecule has 1 rings (SSSR count). The van der Waals surface area contributed by atoms with Crippen molar-refractivity contribution in [2.75, 3.05) is 17.4 Å². The van der Waals surface area contributed by atoms with Crippen LogP contribution >= 0.6 is 0 Å². The fraction of sp³-hybridized carbons (Fsp3) is 0.444. The molecule has 0 bridgehead atoms. The largest absolute Gasteiger partial charge is 0.347 e. The van der Waals surface area contributed by atoms with Gasteiger partial charge in [-0.05, 0) is 19.1 Å². The van der Waals surface area contributed by atoms with Crippen LogP contribution in [0.1, 0.15) is 17.4 Å². The number of hydrazine groups is 1. The summed E-state index contributed by atoms with van der Waals surface area (Å²) >= 11 is 0. The Morgan fingerprint density at radius 1 is 1.53 bits per heavy atom. The van der Waals surface area contributed by atoms with Crippen molar-refractivity contribution in [3.05, 3.63) is 17.8 Å². The van der Waals surface area contributed by atoms with Gasteiger partial charge in [0.25, 0.3) is 5.91 Å². The highest BCUT2D eigenvalue weighted by molar-refractivity contribution is 7.84. The SMILES string of the molecule is CC(CS(C)=O)NC(=O)c1ccc(NN)nn1. The third-order valence-electron chi connectivity index (χ3n) is 1.91. The summed E-state index contributed by atoms with van der Waals surface area (Å²) in [5.41, 5.74) is 2.51. The van der Waals surface area contributed by atoms with Crippen LogP contribution in [-0.2, 0) is 10.8 Å². The van der Waals surface area contributed by atoms with Crippen LogP contribution in [0.4, 0.5) is 5.82 Å². The van der Waals surface area contributed by atoms with Gasteiger partial charge < -0.3 is 10.7 Å². The highest BCUT2D eigenvalue weighted by Gasteiger charge is 2.12. The van der Waals surface area contributed by atoms with Gasteiger partial charge in [0.15, 0.2) is 11.5 Å². The fourth-order valence-corrected chi connectivity index (χ4v) is 2.01. The summed E-state index contributed by atoms with van der Waals surface area (Å²) in [5, 5.41) is 10.1. The molecular weight excluding hydrogens is 242 g/mol. The third-order valence-corrected chi connectivity index (χ3v) is 2.88. The van der Waals surface area contributed by atoms with E-state index in [1.54, 1.807) is 19.2 Å². The minimum absolute atomic E-state index is 0.178. The number of nitrogens with zero attached hydrogens (tertiary/aromatic N) is 2. The van der Waals surface area contributed by atoms with Gasteiger partial charge in [0, 0.05) is 28.9 Å². The molecule has 0 saturated heterocycles. The number of aromatic nitrogens is 2. The van der Waals surface area contributed by atoms with Gasteiger partial charge in [0.05, 0.1) is 0 Å². The molecule has 0 aliphatic carbocycles. The van der Waals surface area contributed by atoms with Crippen molar-refractivity contribution >= 4 is 22.5 Å². The van der Waals surface area contributed by atoms with Gasteiger partial charge in [-0.1, -0.05) is 0 Å². The number of rotatable bonds is 5. The number of anilines is 1. The smallest absolute Gasteiger partial charge is 0.272 e. The topological polar surface area (TPSA) is 110 Å². The van der Waals surface area contributed by atoms with Crippen LogP contribution in [0.3, 0.4) is 0 Å². The van der Waals surface area contributed by atoms with E-state index >= 15 is 0 Å². The maximum Gasteiger partial charge on any atom is 0.272 e. The molecule has 1 heterocycles. The highest BCUT2D eigenvalue weighted by Crippen LogP contribution is 2.00. The molecule has 0 spiro atoms. The summed E-state index contributed by atoms with van der Waals surface area (Å²) in [6.07, 6.45) is 1.59. The predicted octanol–water partition coefficient (Wildman–Crippen LogP) is -0.741. The monoisotopic (exact) mass is 257 g/mol. The number of carbonyl (C=O) groups excluding carboxylic acids is 1. The predicted molar refractivity (Wildman–Crippen MR) is 65.7 cm³/mol. The quantitative estimate of drug-likeness (QED) is 0.473. The number of carbonyl (C=O) groups is 1. The molecule has 8 heteroatoms. The number of hydrogen-bond acceptors (Lipinski definition) is 6. The first-order valence-corrected chi connectivity index (χ1v) is 6.67. The zero-order valence-electron chi connectivity index (χ0n) is 9.64. The molecule has 0 aromatic carbocycles. The minimum Gasteiger partial charge on any atom is -0.347 e. The average molecular weight is 257 g/mol. The van der Waals surface area contributed by atoms with Gasteiger partial charge in [-0.2, -0.15) is 0 Å². The van der Waals surface area contributed by atoms with Crippen molar-refractivity contribution in [2.45, 2.75) is 13.0 Å². The van der Waals surface area contributed by atoms with Gasteiger partial charge in [-0.15, -0.1) is 10.2 Å². The maximum atomic E-state index is 11.7. The van der Waals surface area contributed by atoms with Gasteiger partial charge >= 0.3 is 0 Å². The van der Waals surface area contributed by atoms with E-state index in [-0.39, 0.29) is 17.6 Å². The third kappa shape index (κ3) is 4.45. The van der Waals surface area contributed by atoms with E-state index in [1.807, 2.05) is 0 Å². The second-order valence-corrected chi connectivity index (χ2v) is 5.04. The van der Waals surface area contributed by atoms with Crippen LogP contribution in [0, 0.1) is 0 Å². The van der Waals surface area contributed by atoms with Crippen LogP contribution in [0.15, 0.2) is 12.1 Å². The molecule has 4 N–H and O–H groups in total. The van der Waals surface area contributed by atoms with Crippen LogP contribution in [0.5, 0.6) is 0 Å². The summed E-state index contributed by atoms with van der Waals surface area (Å²) in [4.78, 5) is 11.7. The summed E-state index contributed by atoms with van der Waals surface area (Å²) in [7, 11) is -0.951. The van der Waals surface area contributed by atoms with E-state index in [2.05, 4.69) is 20.9 Å². The normalized spacial score (nSPS) is 13.8. The number of nitrogens with one attached hydrogen (secondary N) is 2. The molecule has 1 aromatic heterocycles. The molecule has 0 radical (unpaired) electrons. The molecule has 0 aliphatic heterocycles. The van der Waals surface area contributed by atoms with Crippen molar-refractivity contribution in [2.24, 2.45) is 5.84 Å². The molecule has 2 unspecified atom stereocenters. The lowest BCUT2D eigenvalue weighted by molar-refractivity contribution is 0.0937. The van der Waals surface area contributed by atoms with Gasteiger partial charge in [0.2, 0.25) is 0 Å². The second kappa shape index (κ2) is 6.26. The Kier molecular flexibility index (Phi) is 4.98. The zero-order valence-corrected chi connectivity index (χ0v) is 10.5. The standard InChI is InChI=1S/C9H15N5O2S/c1-6(5-17(2)16)11-9(15)7-3-4-8(12-10)14-13-7/h3-4,6H,5,10H2,1-2H3,(H,11,15)(H,12,14). The van der Waals surface area contributed by atoms with Crippen molar-refractivity contribution < 1.29 is 9.00 Å². The van der Waals surface area contributed by atoms with Crippen molar-refractivity contribution in [3.63, 3.8) is 0 Å². The Hall–Kier alpha value is -1.54. The average Bonchev–Trinajstić information content (AvgIpc) is 2.28. The lowest BCUT2D eigenvalue weighted by atomic mass is 10.3. The van der Waals surface area contributed by atoms with E-state index in [9.17, 15) is 9.00 Å². The van der Waals surface area contributed by atoms with Gasteiger partial charge in [-0.3, -0.25) is 9.00 Å². The second-order valence-electron chi connectivity index (χ2n) is 3.56. The lowest BCUT2D eigenvalue weighted by Crippen LogP contribution is -2.36. The molecule has 94 valence electrons. The first kappa shape index (κ1) is 13.5. The summed E-state index contributed by atoms with van der Waals surface area (Å²) in [6.45, 7) is 1.78. The van der Waals surface area contributed by atoms with Crippen LogP contribution in [0.25, 0.3) is 0 Å². The minimum atomic E-state index is -0.951. The number of nitrogen functional groups attached to an aromatic ring is 1. The first-order valence-electron chi connectivity index (χ1n) is 4.94. The summed E-state index contributed by atoms with van der Waals surface area (Å²) in [6, 6.07) is 2.87. The summed E-state index contributed by atoms with van der Waals surface area (Å²) < 4.78 is 11.0. The van der Waals surface area contributed by atoms with E-state index in [1.165, 1.54) is 6.07 Å². The van der Waals surface area contributed by atoms with Crippen molar-refractivity contribution in [1.29, 1.82) is 0 Å². The van der Waals surface area contributed by atoms with Gasteiger partial charge in [0.1, 0.15) is 0 Å². The molecule has 0 saturated carbocycles. The van der Waals surface area contributed by atoms with E-state index in [4.69, 9.17) is 5.84 Å². The molecular formula is C9H15N5O2S. The molecule has 2 atom stereocenters. The number of amides is 1. The Morgan fingerprint density at radius 3 is 2.71 bits per heavy atom. The highest BCUT2D eigenvalue weighted by atomic mass is 32.2. The number of hydrogen-bond donors (Lipinski definition) is 3. The maximum absolute atomic E-state index is 11.7. The Labute approximate surface area is 102 Å². The first-order chi connectivity index (χ1) is 8.02. The molecule has 0 fully saturated rings. The van der Waals surface area contributed by atoms with Crippen molar-refractivity contribution in [1.82, 2.24) is 15.5 Å².